The van der Waals surface area contributed by atoms with Crippen LogP contribution in [0.25, 0.3) is 0 Å². The number of nitrogens with zero attached hydrogens (tertiary/aromatic N) is 2. The van der Waals surface area contributed by atoms with E-state index in [2.05, 4.69) is 56.0 Å². The minimum atomic E-state index is -0.196. The molecule has 2 aromatic carbocycles. The first-order chi connectivity index (χ1) is 14.5. The van der Waals surface area contributed by atoms with Crippen LogP contribution < -0.4 is 9.64 Å². The first-order valence-electron chi connectivity index (χ1n) is 11.3. The summed E-state index contributed by atoms with van der Waals surface area (Å²) in [6.45, 7) is 10.6. The SMILES string of the molecule is Cc1c2c(c(C)c3c1OC(C)(CN1CCC(c4ccccc4)CC1)C3)N(C=O)CC2.Cl. The van der Waals surface area contributed by atoms with E-state index in [1.807, 2.05) is 4.90 Å². The fourth-order valence-electron chi connectivity index (χ4n) is 5.94. The third-order valence-electron chi connectivity index (χ3n) is 7.49. The summed E-state index contributed by atoms with van der Waals surface area (Å²) in [5.41, 5.74) is 7.50. The van der Waals surface area contributed by atoms with Gasteiger partial charge in [-0.05, 0) is 81.3 Å². The monoisotopic (exact) mass is 440 g/mol. The van der Waals surface area contributed by atoms with Crippen LogP contribution in [0, 0.1) is 13.8 Å². The highest BCUT2D eigenvalue weighted by Crippen LogP contribution is 2.47. The Morgan fingerprint density at radius 1 is 1.06 bits per heavy atom. The maximum absolute atomic E-state index is 11.5. The summed E-state index contributed by atoms with van der Waals surface area (Å²) in [5.74, 6) is 1.76. The smallest absolute Gasteiger partial charge is 0.214 e. The van der Waals surface area contributed by atoms with Gasteiger partial charge < -0.3 is 9.64 Å². The van der Waals surface area contributed by atoms with E-state index in [9.17, 15) is 4.79 Å². The van der Waals surface area contributed by atoms with Gasteiger partial charge in [0.1, 0.15) is 11.4 Å². The number of piperidine rings is 1. The van der Waals surface area contributed by atoms with Crippen LogP contribution in [0.3, 0.4) is 0 Å². The number of carbonyl (C=O) groups excluding carboxylic acids is 1. The highest BCUT2D eigenvalue weighted by Gasteiger charge is 2.41. The Balaban J connectivity index is 0.00000231. The molecule has 0 spiro atoms. The van der Waals surface area contributed by atoms with Gasteiger partial charge in [0.05, 0.1) is 5.69 Å². The number of anilines is 1. The molecule has 3 aliphatic heterocycles. The molecule has 0 saturated carbocycles. The summed E-state index contributed by atoms with van der Waals surface area (Å²) in [4.78, 5) is 16.0. The molecule has 1 saturated heterocycles. The second kappa shape index (κ2) is 8.48. The molecule has 3 aliphatic rings. The standard InChI is InChI=1S/C26H32N2O2.ClH/c1-18-23-15-26(3,30-25(23)19(2)22-11-14-28(17-29)24(18)22)16-27-12-9-21(10-13-27)20-7-5-4-6-8-20;/h4-8,17,21H,9-16H2,1-3H3;1H. The summed E-state index contributed by atoms with van der Waals surface area (Å²) in [6.07, 6.45) is 5.27. The van der Waals surface area contributed by atoms with Crippen molar-refractivity contribution in [2.75, 3.05) is 31.1 Å². The quantitative estimate of drug-likeness (QED) is 0.639. The van der Waals surface area contributed by atoms with Gasteiger partial charge in [0, 0.05) is 25.1 Å². The third kappa shape index (κ3) is 3.85. The lowest BCUT2D eigenvalue weighted by Gasteiger charge is -2.37. The lowest BCUT2D eigenvalue weighted by molar-refractivity contribution is -0.107. The molecule has 1 fully saturated rings. The summed E-state index contributed by atoms with van der Waals surface area (Å²) < 4.78 is 6.67. The molecule has 1 amide bonds. The Kier molecular flexibility index (Phi) is 6.06. The predicted octanol–water partition coefficient (Wildman–Crippen LogP) is 4.82. The van der Waals surface area contributed by atoms with Crippen molar-refractivity contribution >= 4 is 24.5 Å². The molecule has 1 atom stereocenters. The molecular weight excluding hydrogens is 408 g/mol. The van der Waals surface area contributed by atoms with E-state index in [-0.39, 0.29) is 18.0 Å². The Hall–Kier alpha value is -2.04. The zero-order chi connectivity index (χ0) is 20.9. The van der Waals surface area contributed by atoms with E-state index in [1.165, 1.54) is 40.7 Å². The third-order valence-corrected chi connectivity index (χ3v) is 7.49. The molecule has 2 aromatic rings. The van der Waals surface area contributed by atoms with Crippen LogP contribution in [0.5, 0.6) is 5.75 Å². The minimum absolute atomic E-state index is 0. The molecule has 5 rings (SSSR count). The van der Waals surface area contributed by atoms with Crippen LogP contribution >= 0.6 is 12.4 Å². The molecular formula is C26H33ClN2O2. The van der Waals surface area contributed by atoms with Crippen molar-refractivity contribution in [3.63, 3.8) is 0 Å². The number of halogens is 1. The van der Waals surface area contributed by atoms with E-state index < -0.39 is 0 Å². The zero-order valence-corrected chi connectivity index (χ0v) is 19.6. The van der Waals surface area contributed by atoms with Crippen molar-refractivity contribution in [3.8, 4) is 5.75 Å². The number of benzene rings is 2. The normalized spacial score (nSPS) is 23.1. The van der Waals surface area contributed by atoms with Gasteiger partial charge in [0.25, 0.3) is 0 Å². The van der Waals surface area contributed by atoms with Crippen LogP contribution in [0.2, 0.25) is 0 Å². The first-order valence-corrected chi connectivity index (χ1v) is 11.3. The molecule has 0 radical (unpaired) electrons. The largest absolute Gasteiger partial charge is 0.485 e. The lowest BCUT2D eigenvalue weighted by atomic mass is 9.88. The molecule has 31 heavy (non-hydrogen) atoms. The number of carbonyl (C=O) groups is 1. The molecule has 1 unspecified atom stereocenters. The highest BCUT2D eigenvalue weighted by molar-refractivity contribution is 5.85. The van der Waals surface area contributed by atoms with Gasteiger partial charge in [-0.3, -0.25) is 9.69 Å². The Bertz CT molecular complexity index is 969. The lowest BCUT2D eigenvalue weighted by Crippen LogP contribution is -2.47. The van der Waals surface area contributed by atoms with Crippen LogP contribution in [0.4, 0.5) is 5.69 Å². The number of amides is 1. The Labute approximate surface area is 192 Å². The van der Waals surface area contributed by atoms with Gasteiger partial charge in [0.2, 0.25) is 6.41 Å². The van der Waals surface area contributed by atoms with Crippen molar-refractivity contribution in [2.24, 2.45) is 0 Å². The van der Waals surface area contributed by atoms with Gasteiger partial charge in [0.15, 0.2) is 0 Å². The maximum atomic E-state index is 11.5. The average Bonchev–Trinajstić information content (AvgIpc) is 3.35. The van der Waals surface area contributed by atoms with Crippen molar-refractivity contribution in [3.05, 3.63) is 58.1 Å². The van der Waals surface area contributed by atoms with Crippen LogP contribution in [0.15, 0.2) is 30.3 Å². The van der Waals surface area contributed by atoms with Crippen LogP contribution in [-0.2, 0) is 17.6 Å². The summed E-state index contributed by atoms with van der Waals surface area (Å²) in [7, 11) is 0. The van der Waals surface area contributed by atoms with Crippen molar-refractivity contribution in [2.45, 2.75) is 58.0 Å². The van der Waals surface area contributed by atoms with E-state index in [4.69, 9.17) is 4.74 Å². The van der Waals surface area contributed by atoms with E-state index in [0.717, 1.165) is 56.9 Å². The number of hydrogen-bond acceptors (Lipinski definition) is 3. The van der Waals surface area contributed by atoms with E-state index >= 15 is 0 Å². The van der Waals surface area contributed by atoms with Crippen molar-refractivity contribution in [1.82, 2.24) is 4.90 Å². The molecule has 4 nitrogen and oxygen atoms in total. The number of likely N-dealkylation sites (tertiary alicyclic amines) is 1. The Morgan fingerprint density at radius 2 is 1.77 bits per heavy atom. The van der Waals surface area contributed by atoms with Gasteiger partial charge >= 0.3 is 0 Å². The number of fused-ring (bicyclic) bond motifs is 2. The summed E-state index contributed by atoms with van der Waals surface area (Å²) in [6, 6.07) is 10.9. The second-order valence-corrected chi connectivity index (χ2v) is 9.62. The molecule has 0 bridgehead atoms. The highest BCUT2D eigenvalue weighted by atomic mass is 35.5. The fraction of sp³-hybridized carbons (Fsp3) is 0.500. The van der Waals surface area contributed by atoms with Crippen molar-refractivity contribution < 1.29 is 9.53 Å². The Morgan fingerprint density at radius 3 is 2.45 bits per heavy atom. The summed E-state index contributed by atoms with van der Waals surface area (Å²) >= 11 is 0. The number of hydrogen-bond donors (Lipinski definition) is 0. The zero-order valence-electron chi connectivity index (χ0n) is 18.8. The first kappa shape index (κ1) is 22.2. The maximum Gasteiger partial charge on any atom is 0.214 e. The van der Waals surface area contributed by atoms with Crippen LogP contribution in [-0.4, -0.2) is 43.1 Å². The van der Waals surface area contributed by atoms with Gasteiger partial charge in [-0.1, -0.05) is 30.3 Å². The molecule has 0 N–H and O–H groups in total. The number of ether oxygens (including phenoxy) is 1. The van der Waals surface area contributed by atoms with E-state index in [1.54, 1.807) is 0 Å². The average molecular weight is 441 g/mol. The van der Waals surface area contributed by atoms with E-state index in [0.29, 0.717) is 5.92 Å². The molecule has 0 aromatic heterocycles. The topological polar surface area (TPSA) is 32.8 Å². The predicted molar refractivity (Wildman–Crippen MR) is 128 cm³/mol. The molecule has 5 heteroatoms. The molecule has 166 valence electrons. The fourth-order valence-corrected chi connectivity index (χ4v) is 5.94. The van der Waals surface area contributed by atoms with Crippen molar-refractivity contribution in [1.29, 1.82) is 0 Å². The molecule has 0 aliphatic carbocycles. The minimum Gasteiger partial charge on any atom is -0.485 e. The van der Waals surface area contributed by atoms with Crippen LogP contribution in [0.1, 0.15) is 53.5 Å². The van der Waals surface area contributed by atoms with Gasteiger partial charge in [-0.2, -0.15) is 0 Å². The van der Waals surface area contributed by atoms with Gasteiger partial charge in [-0.25, -0.2) is 0 Å². The summed E-state index contributed by atoms with van der Waals surface area (Å²) in [5, 5.41) is 0. The van der Waals surface area contributed by atoms with Gasteiger partial charge in [-0.15, -0.1) is 12.4 Å². The second-order valence-electron chi connectivity index (χ2n) is 9.62. The number of rotatable bonds is 4. The molecule has 3 heterocycles.